The van der Waals surface area contributed by atoms with E-state index < -0.39 is 18.1 Å². The highest BCUT2D eigenvalue weighted by Crippen LogP contribution is 2.54. The van der Waals surface area contributed by atoms with Crippen molar-refractivity contribution in [3.63, 3.8) is 0 Å². The van der Waals surface area contributed by atoms with Crippen LogP contribution in [0, 0.1) is 11.3 Å². The van der Waals surface area contributed by atoms with Gasteiger partial charge >= 0.3 is 12.1 Å². The lowest BCUT2D eigenvalue weighted by Crippen LogP contribution is -2.30. The maximum absolute atomic E-state index is 11.5. The predicted molar refractivity (Wildman–Crippen MR) is 79.7 cm³/mol. The normalized spacial score (nSPS) is 20.1. The van der Waals surface area contributed by atoms with Gasteiger partial charge in [0, 0.05) is 17.9 Å². The Morgan fingerprint density at radius 2 is 2.10 bits per heavy atom. The van der Waals surface area contributed by atoms with Gasteiger partial charge in [-0.25, -0.2) is 4.79 Å². The number of carbonyl (C=O) groups is 2. The van der Waals surface area contributed by atoms with Crippen molar-refractivity contribution >= 4 is 12.1 Å². The molecule has 6 heteroatoms. The minimum absolute atomic E-state index is 0.0761. The average Bonchev–Trinajstić information content (AvgIpc) is 3.18. The smallest absolute Gasteiger partial charge is 0.407 e. The molecule has 0 heterocycles. The molecule has 0 aromatic carbocycles. The first-order valence-electron chi connectivity index (χ1n) is 7.11. The van der Waals surface area contributed by atoms with Crippen molar-refractivity contribution in [2.24, 2.45) is 17.1 Å². The molecule has 1 saturated carbocycles. The van der Waals surface area contributed by atoms with Crippen molar-refractivity contribution in [1.29, 1.82) is 0 Å². The van der Waals surface area contributed by atoms with Crippen LogP contribution in [0.25, 0.3) is 0 Å². The number of unbranched alkanes of at least 4 members (excludes halogenated alkanes) is 1. The largest absolute Gasteiger partial charge is 0.480 e. The molecule has 0 aromatic rings. The number of nitrogens with two attached hydrogens (primary N) is 1. The van der Waals surface area contributed by atoms with E-state index in [1.54, 1.807) is 0 Å². The van der Waals surface area contributed by atoms with Gasteiger partial charge in [0.1, 0.15) is 6.04 Å². The van der Waals surface area contributed by atoms with Gasteiger partial charge in [0.25, 0.3) is 0 Å². The molecule has 118 valence electrons. The van der Waals surface area contributed by atoms with E-state index in [1.165, 1.54) is 0 Å². The second-order valence-corrected chi connectivity index (χ2v) is 5.39. The van der Waals surface area contributed by atoms with Crippen molar-refractivity contribution in [3.8, 4) is 0 Å². The van der Waals surface area contributed by atoms with Crippen LogP contribution in [0.3, 0.4) is 0 Å². The third kappa shape index (κ3) is 5.23. The molecular weight excluding hydrogens is 272 g/mol. The van der Waals surface area contributed by atoms with Crippen LogP contribution < -0.4 is 11.1 Å². The van der Waals surface area contributed by atoms with Gasteiger partial charge in [-0.3, -0.25) is 4.79 Å². The van der Waals surface area contributed by atoms with Crippen LogP contribution in [0.1, 0.15) is 25.7 Å². The van der Waals surface area contributed by atoms with Crippen molar-refractivity contribution in [2.45, 2.75) is 31.7 Å². The van der Waals surface area contributed by atoms with E-state index in [-0.39, 0.29) is 11.3 Å². The number of hydrogen-bond donors (Lipinski definition) is 3. The van der Waals surface area contributed by atoms with Crippen LogP contribution >= 0.6 is 0 Å². The number of ether oxygens (including phenoxy) is 1. The van der Waals surface area contributed by atoms with Crippen LogP contribution in [0.5, 0.6) is 0 Å². The molecule has 0 aromatic heterocycles. The molecule has 1 amide bonds. The van der Waals surface area contributed by atoms with E-state index in [1.807, 2.05) is 12.2 Å². The fraction of sp³-hybridized carbons (Fsp3) is 0.600. The van der Waals surface area contributed by atoms with Crippen LogP contribution in [0.2, 0.25) is 0 Å². The molecule has 0 radical (unpaired) electrons. The quantitative estimate of drug-likeness (QED) is 0.420. The van der Waals surface area contributed by atoms with Crippen molar-refractivity contribution in [3.05, 3.63) is 25.3 Å². The van der Waals surface area contributed by atoms with Crippen molar-refractivity contribution in [1.82, 2.24) is 5.32 Å². The van der Waals surface area contributed by atoms with Gasteiger partial charge in [-0.05, 0) is 25.7 Å². The standard InChI is InChI=1S/C15H24N2O4/c1-3-15(4-2)9-11(15)10-21-14(20)17-8-6-5-7-12(16)13(18)19/h3-4,11-12H,1-2,5-10,16H2,(H,17,20)(H,18,19). The predicted octanol–water partition coefficient (Wildman–Crippen LogP) is 1.67. The number of alkyl carbamates (subject to hydrolysis) is 1. The summed E-state index contributed by atoms with van der Waals surface area (Å²) in [6, 6.07) is -0.835. The Bertz CT molecular complexity index is 400. The van der Waals surface area contributed by atoms with Gasteiger partial charge in [0.05, 0.1) is 6.61 Å². The Morgan fingerprint density at radius 1 is 1.43 bits per heavy atom. The third-order valence-electron chi connectivity index (χ3n) is 3.90. The first-order chi connectivity index (χ1) is 9.95. The van der Waals surface area contributed by atoms with Gasteiger partial charge in [0.2, 0.25) is 0 Å². The van der Waals surface area contributed by atoms with Gasteiger partial charge in [-0.15, -0.1) is 13.2 Å². The van der Waals surface area contributed by atoms with Gasteiger partial charge < -0.3 is 20.9 Å². The molecule has 1 fully saturated rings. The average molecular weight is 296 g/mol. The molecule has 0 saturated heterocycles. The number of carboxylic acid groups (broad SMARTS) is 1. The van der Waals surface area contributed by atoms with E-state index in [0.717, 1.165) is 6.42 Å². The highest BCUT2D eigenvalue weighted by atomic mass is 16.5. The number of nitrogens with one attached hydrogen (secondary N) is 1. The van der Waals surface area contributed by atoms with Crippen LogP contribution in [0.15, 0.2) is 25.3 Å². The zero-order chi connectivity index (χ0) is 15.9. The highest BCUT2D eigenvalue weighted by Gasteiger charge is 2.49. The Morgan fingerprint density at radius 3 is 2.62 bits per heavy atom. The van der Waals surface area contributed by atoms with E-state index in [9.17, 15) is 9.59 Å². The minimum atomic E-state index is -1.00. The summed E-state index contributed by atoms with van der Waals surface area (Å²) in [4.78, 5) is 22.0. The van der Waals surface area contributed by atoms with Crippen molar-refractivity contribution < 1.29 is 19.4 Å². The lowest BCUT2D eigenvalue weighted by atomic mass is 10.1. The zero-order valence-corrected chi connectivity index (χ0v) is 12.2. The summed E-state index contributed by atoms with van der Waals surface area (Å²) < 4.78 is 5.13. The monoisotopic (exact) mass is 296 g/mol. The summed E-state index contributed by atoms with van der Waals surface area (Å²) in [5.74, 6) is -0.730. The Kier molecular flexibility index (Phi) is 6.42. The first-order valence-corrected chi connectivity index (χ1v) is 7.11. The number of rotatable bonds is 10. The van der Waals surface area contributed by atoms with Crippen molar-refractivity contribution in [2.75, 3.05) is 13.2 Å². The zero-order valence-electron chi connectivity index (χ0n) is 12.2. The lowest BCUT2D eigenvalue weighted by Gasteiger charge is -2.09. The summed E-state index contributed by atoms with van der Waals surface area (Å²) in [5.41, 5.74) is 5.29. The summed E-state index contributed by atoms with van der Waals surface area (Å²) in [5, 5.41) is 11.2. The molecule has 0 aliphatic heterocycles. The maximum atomic E-state index is 11.5. The second-order valence-electron chi connectivity index (χ2n) is 5.39. The molecule has 21 heavy (non-hydrogen) atoms. The molecule has 2 atom stereocenters. The number of aliphatic carboxylic acids is 1. The summed E-state index contributed by atoms with van der Waals surface area (Å²) in [6.45, 7) is 8.32. The number of carbonyl (C=O) groups excluding carboxylic acids is 1. The molecule has 1 rings (SSSR count). The molecule has 0 bridgehead atoms. The van der Waals surface area contributed by atoms with Gasteiger partial charge in [-0.2, -0.15) is 0 Å². The van der Waals surface area contributed by atoms with Crippen LogP contribution in [0.4, 0.5) is 4.79 Å². The summed E-state index contributed by atoms with van der Waals surface area (Å²) >= 11 is 0. The SMILES string of the molecule is C=CC1(C=C)CC1COC(=O)NCCCCC(N)C(=O)O. The summed E-state index contributed by atoms with van der Waals surface area (Å²) in [6.07, 6.45) is 5.87. The second kappa shape index (κ2) is 7.83. The minimum Gasteiger partial charge on any atom is -0.480 e. The third-order valence-corrected chi connectivity index (χ3v) is 3.90. The molecule has 1 aliphatic carbocycles. The Labute approximate surface area is 125 Å². The van der Waals surface area contributed by atoms with Gasteiger partial charge in [0.15, 0.2) is 0 Å². The van der Waals surface area contributed by atoms with E-state index in [2.05, 4.69) is 18.5 Å². The van der Waals surface area contributed by atoms with Crippen LogP contribution in [-0.4, -0.2) is 36.4 Å². The number of hydrogen-bond acceptors (Lipinski definition) is 4. The first kappa shape index (κ1) is 17.2. The molecule has 2 unspecified atom stereocenters. The number of allylic oxidation sites excluding steroid dienone is 2. The number of carboxylic acids is 1. The van der Waals surface area contributed by atoms with E-state index in [4.69, 9.17) is 15.6 Å². The highest BCUT2D eigenvalue weighted by molar-refractivity contribution is 5.72. The fourth-order valence-corrected chi connectivity index (χ4v) is 2.20. The molecule has 1 aliphatic rings. The Balaban J connectivity index is 2.04. The number of amides is 1. The Hall–Kier alpha value is -1.82. The molecular formula is C15H24N2O4. The lowest BCUT2D eigenvalue weighted by molar-refractivity contribution is -0.138. The van der Waals surface area contributed by atoms with E-state index >= 15 is 0 Å². The molecule has 4 N–H and O–H groups in total. The van der Waals surface area contributed by atoms with Gasteiger partial charge in [-0.1, -0.05) is 12.2 Å². The fourth-order valence-electron chi connectivity index (χ4n) is 2.20. The topological polar surface area (TPSA) is 102 Å². The maximum Gasteiger partial charge on any atom is 0.407 e. The van der Waals surface area contributed by atoms with E-state index in [0.29, 0.717) is 32.4 Å². The summed E-state index contributed by atoms with van der Waals surface area (Å²) in [7, 11) is 0. The molecule has 0 spiro atoms. The van der Waals surface area contributed by atoms with Crippen LogP contribution in [-0.2, 0) is 9.53 Å². The molecule has 6 nitrogen and oxygen atoms in total.